The van der Waals surface area contributed by atoms with Crippen LogP contribution in [0.4, 0.5) is 0 Å². The maximum Gasteiger partial charge on any atom is 0.143 e. The Kier molecular flexibility index (Phi) is 2.45. The van der Waals surface area contributed by atoms with Crippen molar-refractivity contribution in [3.63, 3.8) is 0 Å². The van der Waals surface area contributed by atoms with Crippen LogP contribution in [0.3, 0.4) is 0 Å². The number of aliphatic hydroxyl groups is 1. The lowest BCUT2D eigenvalue weighted by atomic mass is 9.84. The third-order valence-electron chi connectivity index (χ3n) is 3.59. The molecule has 1 N–H and O–H groups in total. The van der Waals surface area contributed by atoms with Crippen molar-refractivity contribution in [2.45, 2.75) is 18.3 Å². The van der Waals surface area contributed by atoms with Crippen LogP contribution >= 0.6 is 0 Å². The Morgan fingerprint density at radius 2 is 2.39 bits per heavy atom. The fraction of sp³-hybridized carbons (Fsp3) is 0.333. The van der Waals surface area contributed by atoms with Crippen molar-refractivity contribution in [3.05, 3.63) is 35.7 Å². The first-order chi connectivity index (χ1) is 8.79. The van der Waals surface area contributed by atoms with Crippen LogP contribution in [0.15, 0.2) is 24.5 Å². The van der Waals surface area contributed by atoms with E-state index < -0.39 is 5.41 Å². The quantitative estimate of drug-likeness (QED) is 0.771. The van der Waals surface area contributed by atoms with Crippen molar-refractivity contribution >= 4 is 6.29 Å². The molecule has 3 rings (SSSR count). The van der Waals surface area contributed by atoms with Gasteiger partial charge in [0.15, 0.2) is 0 Å². The van der Waals surface area contributed by atoms with Crippen molar-refractivity contribution in [2.75, 3.05) is 6.61 Å². The fourth-order valence-corrected chi connectivity index (χ4v) is 2.51. The molecule has 1 aromatic heterocycles. The van der Waals surface area contributed by atoms with Gasteiger partial charge in [0.2, 0.25) is 0 Å². The average Bonchev–Trinajstić information content (AvgIpc) is 3.06. The largest absolute Gasteiger partial charge is 0.395 e. The number of carbonyl (C=O) groups is 1. The van der Waals surface area contributed by atoms with E-state index in [4.69, 9.17) is 0 Å². The number of carbonyl (C=O) groups excluding carboxylic acids is 1. The van der Waals surface area contributed by atoms with Gasteiger partial charge in [-0.05, 0) is 46.5 Å². The number of nitrogens with zero attached hydrogens (tertiary/aromatic N) is 4. The van der Waals surface area contributed by atoms with Crippen LogP contribution in [0.25, 0.3) is 5.69 Å². The van der Waals surface area contributed by atoms with E-state index in [0.717, 1.165) is 29.5 Å². The number of aldehydes is 1. The third kappa shape index (κ3) is 1.46. The smallest absolute Gasteiger partial charge is 0.143 e. The van der Waals surface area contributed by atoms with Crippen molar-refractivity contribution in [1.29, 1.82) is 0 Å². The summed E-state index contributed by atoms with van der Waals surface area (Å²) < 4.78 is 1.57. The van der Waals surface area contributed by atoms with E-state index in [1.54, 1.807) is 4.68 Å². The minimum atomic E-state index is -0.728. The molecule has 1 aliphatic rings. The van der Waals surface area contributed by atoms with Gasteiger partial charge >= 0.3 is 0 Å². The lowest BCUT2D eigenvalue weighted by Gasteiger charge is -2.20. The predicted octanol–water partition coefficient (Wildman–Crippen LogP) is 0.0375. The summed E-state index contributed by atoms with van der Waals surface area (Å²) >= 11 is 0. The molecule has 1 heterocycles. The number of benzene rings is 1. The number of fused-ring (bicyclic) bond motifs is 1. The number of hydrogen-bond acceptors (Lipinski definition) is 5. The van der Waals surface area contributed by atoms with Crippen molar-refractivity contribution in [1.82, 2.24) is 20.2 Å². The van der Waals surface area contributed by atoms with Crippen LogP contribution in [-0.2, 0) is 16.6 Å². The predicted molar refractivity (Wildman–Crippen MR) is 62.3 cm³/mol. The molecule has 0 radical (unpaired) electrons. The number of tetrazole rings is 1. The first-order valence-corrected chi connectivity index (χ1v) is 5.73. The molecule has 0 amide bonds. The lowest BCUT2D eigenvalue weighted by Crippen LogP contribution is -2.29. The van der Waals surface area contributed by atoms with Gasteiger partial charge in [0.1, 0.15) is 12.6 Å². The maximum absolute atomic E-state index is 11.2. The molecule has 0 aliphatic heterocycles. The molecular formula is C12H12N4O2. The molecule has 6 heteroatoms. The molecule has 0 fully saturated rings. The normalized spacial score (nSPS) is 21.8. The molecule has 6 nitrogen and oxygen atoms in total. The van der Waals surface area contributed by atoms with Gasteiger partial charge in [0.05, 0.1) is 17.7 Å². The number of aryl methyl sites for hydroxylation is 1. The molecule has 2 aromatic rings. The zero-order chi connectivity index (χ0) is 12.6. The second-order valence-corrected chi connectivity index (χ2v) is 4.53. The van der Waals surface area contributed by atoms with E-state index in [2.05, 4.69) is 15.5 Å². The van der Waals surface area contributed by atoms with Crippen LogP contribution in [0, 0.1) is 0 Å². The molecule has 1 aliphatic carbocycles. The third-order valence-corrected chi connectivity index (χ3v) is 3.59. The van der Waals surface area contributed by atoms with E-state index in [1.165, 1.54) is 6.33 Å². The van der Waals surface area contributed by atoms with Gasteiger partial charge in [-0.25, -0.2) is 4.68 Å². The minimum Gasteiger partial charge on any atom is -0.395 e. The fourth-order valence-electron chi connectivity index (χ4n) is 2.51. The van der Waals surface area contributed by atoms with Crippen molar-refractivity contribution in [2.24, 2.45) is 0 Å². The summed E-state index contributed by atoms with van der Waals surface area (Å²) in [5, 5.41) is 20.5. The topological polar surface area (TPSA) is 80.9 Å². The molecule has 92 valence electrons. The first-order valence-electron chi connectivity index (χ1n) is 5.73. The maximum atomic E-state index is 11.2. The first kappa shape index (κ1) is 11.0. The van der Waals surface area contributed by atoms with Gasteiger partial charge < -0.3 is 9.90 Å². The minimum absolute atomic E-state index is 0.145. The van der Waals surface area contributed by atoms with Crippen LogP contribution in [0.1, 0.15) is 17.5 Å². The Morgan fingerprint density at radius 1 is 1.50 bits per heavy atom. The molecule has 1 aromatic carbocycles. The van der Waals surface area contributed by atoms with Gasteiger partial charge in [0, 0.05) is 0 Å². The van der Waals surface area contributed by atoms with Gasteiger partial charge in [0.25, 0.3) is 0 Å². The molecule has 1 atom stereocenters. The Balaban J connectivity index is 2.07. The lowest BCUT2D eigenvalue weighted by molar-refractivity contribution is -0.113. The molecule has 0 saturated carbocycles. The molecule has 0 spiro atoms. The highest BCUT2D eigenvalue weighted by Gasteiger charge is 2.38. The van der Waals surface area contributed by atoms with E-state index in [1.807, 2.05) is 18.2 Å². The monoisotopic (exact) mass is 244 g/mol. The Labute approximate surface area is 103 Å². The molecule has 18 heavy (non-hydrogen) atoms. The number of hydrogen-bond donors (Lipinski definition) is 1. The van der Waals surface area contributed by atoms with Crippen LogP contribution in [0.5, 0.6) is 0 Å². The summed E-state index contributed by atoms with van der Waals surface area (Å²) in [5.41, 5.74) is 2.12. The van der Waals surface area contributed by atoms with Crippen molar-refractivity contribution in [3.8, 4) is 5.69 Å². The summed E-state index contributed by atoms with van der Waals surface area (Å²) in [6.45, 7) is -0.145. The van der Waals surface area contributed by atoms with Crippen LogP contribution in [0.2, 0.25) is 0 Å². The summed E-state index contributed by atoms with van der Waals surface area (Å²) in [7, 11) is 0. The standard InChI is InChI=1S/C12H12N4O2/c17-6-12(7-18)4-3-9-5-10(1-2-11(9)12)16-8-13-14-15-16/h1-2,5-6,8,18H,3-4,7H2. The molecular weight excluding hydrogens is 232 g/mol. The highest BCUT2D eigenvalue weighted by molar-refractivity contribution is 5.72. The summed E-state index contributed by atoms with van der Waals surface area (Å²) in [4.78, 5) is 11.2. The summed E-state index contributed by atoms with van der Waals surface area (Å²) in [6.07, 6.45) is 3.82. The van der Waals surface area contributed by atoms with Gasteiger partial charge in [-0.15, -0.1) is 5.10 Å². The van der Waals surface area contributed by atoms with Crippen LogP contribution in [-0.4, -0.2) is 38.2 Å². The Hall–Kier alpha value is -2.08. The zero-order valence-electron chi connectivity index (χ0n) is 9.65. The summed E-state index contributed by atoms with van der Waals surface area (Å²) in [6, 6.07) is 5.70. The van der Waals surface area contributed by atoms with Gasteiger partial charge in [-0.3, -0.25) is 0 Å². The number of rotatable bonds is 3. The van der Waals surface area contributed by atoms with E-state index in [9.17, 15) is 9.90 Å². The number of aliphatic hydroxyl groups excluding tert-OH is 1. The van der Waals surface area contributed by atoms with E-state index in [0.29, 0.717) is 6.42 Å². The van der Waals surface area contributed by atoms with E-state index in [-0.39, 0.29) is 6.61 Å². The molecule has 0 saturated heterocycles. The highest BCUT2D eigenvalue weighted by atomic mass is 16.3. The number of aromatic nitrogens is 4. The molecule has 0 bridgehead atoms. The SMILES string of the molecule is O=CC1(CO)CCc2cc(-n3cnnn3)ccc21. The van der Waals surface area contributed by atoms with Gasteiger partial charge in [-0.2, -0.15) is 0 Å². The Morgan fingerprint density at radius 3 is 3.06 bits per heavy atom. The van der Waals surface area contributed by atoms with E-state index >= 15 is 0 Å². The molecule has 1 unspecified atom stereocenters. The summed E-state index contributed by atoms with van der Waals surface area (Å²) in [5.74, 6) is 0. The van der Waals surface area contributed by atoms with Gasteiger partial charge in [-0.1, -0.05) is 6.07 Å². The second-order valence-electron chi connectivity index (χ2n) is 4.53. The highest BCUT2D eigenvalue weighted by Crippen LogP contribution is 2.37. The van der Waals surface area contributed by atoms with Crippen LogP contribution < -0.4 is 0 Å². The van der Waals surface area contributed by atoms with Crippen molar-refractivity contribution < 1.29 is 9.90 Å². The average molecular weight is 244 g/mol. The zero-order valence-corrected chi connectivity index (χ0v) is 9.65. The Bertz CT molecular complexity index is 582. The second kappa shape index (κ2) is 3.99.